The summed E-state index contributed by atoms with van der Waals surface area (Å²) < 4.78 is 0. The third-order valence-electron chi connectivity index (χ3n) is 3.16. The Hall–Kier alpha value is -2.82. The number of carbonyl (C=O) groups is 1. The number of phenols is 1. The average Bonchev–Trinajstić information content (AvgIpc) is 2.89. The minimum Gasteiger partial charge on any atom is -0.508 e. The molecule has 0 aliphatic carbocycles. The van der Waals surface area contributed by atoms with Crippen molar-refractivity contribution in [2.45, 2.75) is 6.92 Å². The SMILES string of the molecule is Cc1cc(O)ccc1NC(=O)c1ccc2[nH]ncc2c1. The van der Waals surface area contributed by atoms with Crippen LogP contribution in [0.3, 0.4) is 0 Å². The number of aromatic amines is 1. The molecule has 5 nitrogen and oxygen atoms in total. The number of rotatable bonds is 2. The molecule has 0 spiro atoms. The Morgan fingerprint density at radius 2 is 2.10 bits per heavy atom. The third-order valence-corrected chi connectivity index (χ3v) is 3.16. The topological polar surface area (TPSA) is 78.0 Å². The Morgan fingerprint density at radius 3 is 2.90 bits per heavy atom. The van der Waals surface area contributed by atoms with Crippen LogP contribution in [0, 0.1) is 6.92 Å². The van der Waals surface area contributed by atoms with Crippen LogP contribution in [0.15, 0.2) is 42.6 Å². The number of carbonyl (C=O) groups excluding carboxylic acids is 1. The van der Waals surface area contributed by atoms with Crippen LogP contribution < -0.4 is 5.32 Å². The lowest BCUT2D eigenvalue weighted by molar-refractivity contribution is 0.102. The molecule has 3 aromatic rings. The van der Waals surface area contributed by atoms with Crippen LogP contribution >= 0.6 is 0 Å². The fourth-order valence-electron chi connectivity index (χ4n) is 2.07. The van der Waals surface area contributed by atoms with Gasteiger partial charge in [-0.3, -0.25) is 9.89 Å². The van der Waals surface area contributed by atoms with Crippen molar-refractivity contribution in [3.63, 3.8) is 0 Å². The minimum atomic E-state index is -0.193. The highest BCUT2D eigenvalue weighted by molar-refractivity contribution is 6.06. The Kier molecular flexibility index (Phi) is 2.87. The Balaban J connectivity index is 1.88. The molecule has 1 amide bonds. The first-order valence-electron chi connectivity index (χ1n) is 6.17. The summed E-state index contributed by atoms with van der Waals surface area (Å²) in [5.74, 6) is -0.0118. The molecule has 20 heavy (non-hydrogen) atoms. The quantitative estimate of drug-likeness (QED) is 0.625. The largest absolute Gasteiger partial charge is 0.508 e. The Bertz CT molecular complexity index is 793. The normalized spacial score (nSPS) is 10.7. The number of nitrogens with zero attached hydrogens (tertiary/aromatic N) is 1. The van der Waals surface area contributed by atoms with E-state index in [9.17, 15) is 9.90 Å². The second-order valence-electron chi connectivity index (χ2n) is 4.63. The van der Waals surface area contributed by atoms with Gasteiger partial charge in [-0.25, -0.2) is 0 Å². The van der Waals surface area contributed by atoms with Gasteiger partial charge in [0.2, 0.25) is 0 Å². The van der Waals surface area contributed by atoms with Crippen LogP contribution in [0.4, 0.5) is 5.69 Å². The molecule has 0 saturated carbocycles. The summed E-state index contributed by atoms with van der Waals surface area (Å²) in [5, 5.41) is 19.8. The molecule has 0 unspecified atom stereocenters. The maximum atomic E-state index is 12.2. The van der Waals surface area contributed by atoms with Crippen molar-refractivity contribution in [3.8, 4) is 5.75 Å². The van der Waals surface area contributed by atoms with Crippen molar-refractivity contribution < 1.29 is 9.90 Å². The van der Waals surface area contributed by atoms with Gasteiger partial charge in [0.25, 0.3) is 5.91 Å². The second-order valence-corrected chi connectivity index (χ2v) is 4.63. The van der Waals surface area contributed by atoms with Gasteiger partial charge in [0.1, 0.15) is 5.75 Å². The molecule has 5 heteroatoms. The van der Waals surface area contributed by atoms with Crippen LogP contribution in [-0.4, -0.2) is 21.2 Å². The van der Waals surface area contributed by atoms with Gasteiger partial charge in [-0.1, -0.05) is 0 Å². The van der Waals surface area contributed by atoms with E-state index in [4.69, 9.17) is 0 Å². The molecule has 0 aliphatic rings. The molecular weight excluding hydrogens is 254 g/mol. The first-order valence-corrected chi connectivity index (χ1v) is 6.17. The fraction of sp³-hybridized carbons (Fsp3) is 0.0667. The molecule has 0 aliphatic heterocycles. The number of benzene rings is 2. The number of hydrogen-bond acceptors (Lipinski definition) is 3. The van der Waals surface area contributed by atoms with Crippen molar-refractivity contribution in [1.82, 2.24) is 10.2 Å². The zero-order valence-electron chi connectivity index (χ0n) is 10.8. The molecule has 0 fully saturated rings. The van der Waals surface area contributed by atoms with Gasteiger partial charge >= 0.3 is 0 Å². The van der Waals surface area contributed by atoms with E-state index in [2.05, 4.69) is 15.5 Å². The highest BCUT2D eigenvalue weighted by atomic mass is 16.3. The van der Waals surface area contributed by atoms with E-state index in [1.807, 2.05) is 13.0 Å². The third kappa shape index (κ3) is 2.21. The fourth-order valence-corrected chi connectivity index (χ4v) is 2.07. The number of nitrogens with one attached hydrogen (secondary N) is 2. The molecule has 100 valence electrons. The van der Waals surface area contributed by atoms with Crippen LogP contribution in [0.1, 0.15) is 15.9 Å². The number of anilines is 1. The van der Waals surface area contributed by atoms with E-state index in [0.717, 1.165) is 16.5 Å². The average molecular weight is 267 g/mol. The predicted molar refractivity (Wildman–Crippen MR) is 76.9 cm³/mol. The van der Waals surface area contributed by atoms with Gasteiger partial charge in [-0.15, -0.1) is 0 Å². The zero-order chi connectivity index (χ0) is 14.1. The molecule has 1 aromatic heterocycles. The molecule has 2 aromatic carbocycles. The van der Waals surface area contributed by atoms with E-state index in [1.165, 1.54) is 0 Å². The van der Waals surface area contributed by atoms with E-state index >= 15 is 0 Å². The molecule has 3 rings (SSSR count). The van der Waals surface area contributed by atoms with Gasteiger partial charge in [0, 0.05) is 16.6 Å². The van der Waals surface area contributed by atoms with Crippen LogP contribution in [0.25, 0.3) is 10.9 Å². The molecule has 0 saturated heterocycles. The summed E-state index contributed by atoms with van der Waals surface area (Å²) in [6.45, 7) is 1.83. The predicted octanol–water partition coefficient (Wildman–Crippen LogP) is 2.83. The van der Waals surface area contributed by atoms with E-state index in [-0.39, 0.29) is 11.7 Å². The zero-order valence-corrected chi connectivity index (χ0v) is 10.8. The highest BCUT2D eigenvalue weighted by Gasteiger charge is 2.09. The number of aromatic hydroxyl groups is 1. The number of hydrogen-bond donors (Lipinski definition) is 3. The second kappa shape index (κ2) is 4.70. The van der Waals surface area contributed by atoms with Crippen LogP contribution in [0.2, 0.25) is 0 Å². The van der Waals surface area contributed by atoms with Crippen LogP contribution in [-0.2, 0) is 0 Å². The molecule has 0 radical (unpaired) electrons. The van der Waals surface area contributed by atoms with Gasteiger partial charge in [-0.05, 0) is 48.9 Å². The van der Waals surface area contributed by atoms with Crippen LogP contribution in [0.5, 0.6) is 5.75 Å². The number of amides is 1. The smallest absolute Gasteiger partial charge is 0.255 e. The van der Waals surface area contributed by atoms with E-state index in [1.54, 1.807) is 36.5 Å². The highest BCUT2D eigenvalue weighted by Crippen LogP contribution is 2.21. The van der Waals surface area contributed by atoms with Crippen molar-refractivity contribution in [2.24, 2.45) is 0 Å². The summed E-state index contributed by atoms with van der Waals surface area (Å²) in [7, 11) is 0. The molecule has 1 heterocycles. The molecule has 0 bridgehead atoms. The van der Waals surface area contributed by atoms with Crippen molar-refractivity contribution in [3.05, 3.63) is 53.7 Å². The summed E-state index contributed by atoms with van der Waals surface area (Å²) >= 11 is 0. The summed E-state index contributed by atoms with van der Waals surface area (Å²) in [6.07, 6.45) is 1.68. The first-order chi connectivity index (χ1) is 9.63. The standard InChI is InChI=1S/C15H13N3O2/c1-9-6-12(19)3-5-13(9)17-15(20)10-2-4-14-11(7-10)8-16-18-14/h2-8,19H,1H3,(H,16,18)(H,17,20). The number of aryl methyl sites for hydroxylation is 1. The van der Waals surface area contributed by atoms with Gasteiger partial charge in [0.15, 0.2) is 0 Å². The van der Waals surface area contributed by atoms with Crippen molar-refractivity contribution in [1.29, 1.82) is 0 Å². The minimum absolute atomic E-state index is 0.181. The monoisotopic (exact) mass is 267 g/mol. The molecule has 3 N–H and O–H groups in total. The summed E-state index contributed by atoms with van der Waals surface area (Å²) in [5.41, 5.74) is 2.94. The number of H-pyrrole nitrogens is 1. The lowest BCUT2D eigenvalue weighted by atomic mass is 10.1. The van der Waals surface area contributed by atoms with Gasteiger partial charge < -0.3 is 10.4 Å². The van der Waals surface area contributed by atoms with E-state index < -0.39 is 0 Å². The Labute approximate surface area is 115 Å². The summed E-state index contributed by atoms with van der Waals surface area (Å²) in [6, 6.07) is 10.2. The lowest BCUT2D eigenvalue weighted by Crippen LogP contribution is -2.12. The number of fused-ring (bicyclic) bond motifs is 1. The maximum Gasteiger partial charge on any atom is 0.255 e. The first kappa shape index (κ1) is 12.2. The maximum absolute atomic E-state index is 12.2. The lowest BCUT2D eigenvalue weighted by Gasteiger charge is -2.08. The van der Waals surface area contributed by atoms with E-state index in [0.29, 0.717) is 11.3 Å². The van der Waals surface area contributed by atoms with Gasteiger partial charge in [0.05, 0.1) is 11.7 Å². The number of phenolic OH excluding ortho intramolecular Hbond substituents is 1. The Morgan fingerprint density at radius 1 is 1.25 bits per heavy atom. The van der Waals surface area contributed by atoms with Crippen molar-refractivity contribution >= 4 is 22.5 Å². The van der Waals surface area contributed by atoms with Crippen molar-refractivity contribution in [2.75, 3.05) is 5.32 Å². The molecule has 0 atom stereocenters. The number of aromatic nitrogens is 2. The summed E-state index contributed by atoms with van der Waals surface area (Å²) in [4.78, 5) is 12.2. The van der Waals surface area contributed by atoms with Gasteiger partial charge in [-0.2, -0.15) is 5.10 Å². The molecular formula is C15H13N3O2.